The highest BCUT2D eigenvalue weighted by Crippen LogP contribution is 2.37. The molecule has 0 bridgehead atoms. The van der Waals surface area contributed by atoms with E-state index in [9.17, 15) is 14.9 Å². The monoisotopic (exact) mass is 633 g/mol. The third-order valence-corrected chi connectivity index (χ3v) is 6.38. The van der Waals surface area contributed by atoms with Crippen LogP contribution in [0.4, 0.5) is 5.69 Å². The Hall–Kier alpha value is -4.65. The van der Waals surface area contributed by atoms with Crippen LogP contribution in [0, 0.1) is 13.7 Å². The molecule has 11 heteroatoms. The van der Waals surface area contributed by atoms with Gasteiger partial charge in [-0.2, -0.15) is 9.78 Å². The van der Waals surface area contributed by atoms with Crippen molar-refractivity contribution in [2.75, 3.05) is 6.61 Å². The minimum Gasteiger partial charge on any atom is -0.490 e. The smallest absolute Gasteiger partial charge is 0.287 e. The van der Waals surface area contributed by atoms with E-state index in [1.54, 1.807) is 30.5 Å². The van der Waals surface area contributed by atoms with Crippen molar-refractivity contribution in [3.63, 3.8) is 0 Å². The summed E-state index contributed by atoms with van der Waals surface area (Å²) in [5.74, 6) is 1.44. The van der Waals surface area contributed by atoms with Gasteiger partial charge in [0.25, 0.3) is 11.2 Å². The van der Waals surface area contributed by atoms with E-state index in [1.165, 1.54) is 16.8 Å². The Morgan fingerprint density at radius 2 is 1.85 bits per heavy atom. The maximum Gasteiger partial charge on any atom is 0.287 e. The van der Waals surface area contributed by atoms with Gasteiger partial charge in [0.15, 0.2) is 17.3 Å². The SMILES string of the molecule is CCOc1cc(C=Nn2c(-c3ccccc3)nc3ccccc3c2=O)cc(I)c1Oc1ccc([N+](=O)[O-])cn1. The van der Waals surface area contributed by atoms with Crippen molar-refractivity contribution < 1.29 is 14.4 Å². The number of aromatic nitrogens is 3. The molecule has 0 aliphatic rings. The molecular formula is C28H20IN5O5. The summed E-state index contributed by atoms with van der Waals surface area (Å²) in [6.45, 7) is 2.21. The van der Waals surface area contributed by atoms with Crippen LogP contribution in [0.15, 0.2) is 95.0 Å². The first-order valence-electron chi connectivity index (χ1n) is 11.8. The molecule has 39 heavy (non-hydrogen) atoms. The molecule has 0 N–H and O–H groups in total. The highest BCUT2D eigenvalue weighted by molar-refractivity contribution is 14.1. The lowest BCUT2D eigenvalue weighted by molar-refractivity contribution is -0.385. The Morgan fingerprint density at radius 1 is 1.08 bits per heavy atom. The number of ether oxygens (including phenoxy) is 2. The molecule has 0 saturated carbocycles. The van der Waals surface area contributed by atoms with E-state index < -0.39 is 4.92 Å². The van der Waals surface area contributed by atoms with Crippen molar-refractivity contribution >= 4 is 45.4 Å². The topological polar surface area (TPSA) is 122 Å². The molecule has 5 rings (SSSR count). The van der Waals surface area contributed by atoms with E-state index in [4.69, 9.17) is 14.5 Å². The predicted molar refractivity (Wildman–Crippen MR) is 156 cm³/mol. The average Bonchev–Trinajstić information content (AvgIpc) is 2.95. The highest BCUT2D eigenvalue weighted by atomic mass is 127. The second-order valence-corrected chi connectivity index (χ2v) is 9.32. The van der Waals surface area contributed by atoms with Gasteiger partial charge >= 0.3 is 0 Å². The first kappa shape index (κ1) is 26.0. The molecule has 0 aliphatic heterocycles. The fourth-order valence-corrected chi connectivity index (χ4v) is 4.53. The zero-order valence-electron chi connectivity index (χ0n) is 20.5. The molecule has 3 aromatic carbocycles. The largest absolute Gasteiger partial charge is 0.490 e. The van der Waals surface area contributed by atoms with Gasteiger partial charge < -0.3 is 9.47 Å². The maximum absolute atomic E-state index is 13.4. The van der Waals surface area contributed by atoms with E-state index in [1.807, 2.05) is 49.4 Å². The van der Waals surface area contributed by atoms with Crippen LogP contribution in [-0.4, -0.2) is 32.4 Å². The zero-order valence-corrected chi connectivity index (χ0v) is 22.7. The molecule has 0 radical (unpaired) electrons. The number of fused-ring (bicyclic) bond motifs is 1. The van der Waals surface area contributed by atoms with Crippen LogP contribution in [0.5, 0.6) is 17.4 Å². The molecule has 0 saturated heterocycles. The Bertz CT molecular complexity index is 1760. The number of halogens is 1. The minimum absolute atomic E-state index is 0.137. The standard InChI is InChI=1S/C28H20IN5O5/c1-2-38-24-15-18(14-22(29)26(24)39-25-13-12-20(17-30-25)34(36)37)16-31-33-27(19-8-4-3-5-9-19)32-23-11-7-6-10-21(23)28(33)35/h3-17H,2H2,1H3. The van der Waals surface area contributed by atoms with Gasteiger partial charge in [-0.3, -0.25) is 14.9 Å². The molecule has 0 amide bonds. The first-order valence-corrected chi connectivity index (χ1v) is 12.9. The number of pyridine rings is 1. The summed E-state index contributed by atoms with van der Waals surface area (Å²) in [6.07, 6.45) is 2.69. The first-order chi connectivity index (χ1) is 18.9. The quantitative estimate of drug-likeness (QED) is 0.0884. The lowest BCUT2D eigenvalue weighted by atomic mass is 10.2. The zero-order chi connectivity index (χ0) is 27.4. The number of para-hydroxylation sites is 1. The van der Waals surface area contributed by atoms with Crippen molar-refractivity contribution in [2.45, 2.75) is 6.92 Å². The van der Waals surface area contributed by atoms with Gasteiger partial charge in [-0.1, -0.05) is 42.5 Å². The van der Waals surface area contributed by atoms with Crippen molar-refractivity contribution in [1.82, 2.24) is 14.6 Å². The normalized spacial score (nSPS) is 11.1. The number of nitrogens with zero attached hydrogens (tertiary/aromatic N) is 5. The summed E-state index contributed by atoms with van der Waals surface area (Å²) < 4.78 is 13.7. The van der Waals surface area contributed by atoms with Crippen molar-refractivity contribution in [3.8, 4) is 28.8 Å². The van der Waals surface area contributed by atoms with Crippen LogP contribution in [0.3, 0.4) is 0 Å². The molecule has 194 valence electrons. The molecule has 0 unspecified atom stereocenters. The molecule has 0 aliphatic carbocycles. The molecule has 2 aromatic heterocycles. The summed E-state index contributed by atoms with van der Waals surface area (Å²) >= 11 is 2.10. The Kier molecular flexibility index (Phi) is 7.59. The number of nitro groups is 1. The van der Waals surface area contributed by atoms with Gasteiger partial charge in [0.05, 0.1) is 32.2 Å². The van der Waals surface area contributed by atoms with Crippen LogP contribution in [0.25, 0.3) is 22.3 Å². The van der Waals surface area contributed by atoms with Gasteiger partial charge in [0, 0.05) is 17.7 Å². The third kappa shape index (κ3) is 5.62. The Balaban J connectivity index is 1.55. The molecule has 0 fully saturated rings. The molecule has 2 heterocycles. The Labute approximate surface area is 235 Å². The van der Waals surface area contributed by atoms with E-state index in [2.05, 4.69) is 32.7 Å². The van der Waals surface area contributed by atoms with E-state index >= 15 is 0 Å². The molecule has 0 spiro atoms. The minimum atomic E-state index is -0.528. The predicted octanol–water partition coefficient (Wildman–Crippen LogP) is 6.04. The fraction of sp³-hybridized carbons (Fsp3) is 0.0714. The number of benzene rings is 3. The van der Waals surface area contributed by atoms with Crippen molar-refractivity contribution in [3.05, 3.63) is 115 Å². The molecule has 0 atom stereocenters. The van der Waals surface area contributed by atoms with E-state index in [0.29, 0.717) is 44.0 Å². The Morgan fingerprint density at radius 3 is 2.56 bits per heavy atom. The average molecular weight is 633 g/mol. The van der Waals surface area contributed by atoms with Crippen LogP contribution < -0.4 is 15.0 Å². The van der Waals surface area contributed by atoms with Crippen LogP contribution in [0.1, 0.15) is 12.5 Å². The molecular weight excluding hydrogens is 613 g/mol. The van der Waals surface area contributed by atoms with Gasteiger partial charge in [-0.15, -0.1) is 0 Å². The van der Waals surface area contributed by atoms with E-state index in [0.717, 1.165) is 11.8 Å². The van der Waals surface area contributed by atoms with Crippen LogP contribution in [0.2, 0.25) is 0 Å². The summed E-state index contributed by atoms with van der Waals surface area (Å²) in [5, 5.41) is 15.9. The fourth-order valence-electron chi connectivity index (χ4n) is 3.80. The van der Waals surface area contributed by atoms with Gasteiger partial charge in [0.2, 0.25) is 5.88 Å². The highest BCUT2D eigenvalue weighted by Gasteiger charge is 2.16. The summed E-state index contributed by atoms with van der Waals surface area (Å²) in [7, 11) is 0. The van der Waals surface area contributed by atoms with Crippen LogP contribution >= 0.6 is 22.6 Å². The van der Waals surface area contributed by atoms with Crippen molar-refractivity contribution in [1.29, 1.82) is 0 Å². The lowest BCUT2D eigenvalue weighted by Gasteiger charge is -2.14. The van der Waals surface area contributed by atoms with Crippen LogP contribution in [-0.2, 0) is 0 Å². The summed E-state index contributed by atoms with van der Waals surface area (Å²) in [5.41, 5.74) is 1.57. The summed E-state index contributed by atoms with van der Waals surface area (Å²) in [6, 6.07) is 22.8. The second-order valence-electron chi connectivity index (χ2n) is 8.16. The number of hydrogen-bond acceptors (Lipinski definition) is 8. The molecule has 5 aromatic rings. The lowest BCUT2D eigenvalue weighted by Crippen LogP contribution is -2.20. The summed E-state index contributed by atoms with van der Waals surface area (Å²) in [4.78, 5) is 32.5. The van der Waals surface area contributed by atoms with E-state index in [-0.39, 0.29) is 17.1 Å². The third-order valence-electron chi connectivity index (χ3n) is 5.58. The second kappa shape index (κ2) is 11.4. The number of hydrogen-bond donors (Lipinski definition) is 0. The number of rotatable bonds is 8. The van der Waals surface area contributed by atoms with Crippen molar-refractivity contribution in [2.24, 2.45) is 5.10 Å². The maximum atomic E-state index is 13.4. The van der Waals surface area contributed by atoms with Gasteiger partial charge in [-0.05, 0) is 59.3 Å². The molecule has 10 nitrogen and oxygen atoms in total. The van der Waals surface area contributed by atoms with Gasteiger partial charge in [-0.25, -0.2) is 9.97 Å². The van der Waals surface area contributed by atoms with Gasteiger partial charge in [0.1, 0.15) is 6.20 Å².